The van der Waals surface area contributed by atoms with E-state index < -0.39 is 0 Å². The SMILES string of the molecule is OCc1[nH]nc2cc(Cl)c(C#Cc3ccccc3)cc12. The number of hydrogen-bond acceptors (Lipinski definition) is 2. The molecule has 0 saturated heterocycles. The fraction of sp³-hybridized carbons (Fsp3) is 0.0625. The van der Waals surface area contributed by atoms with Crippen LogP contribution in [0.5, 0.6) is 0 Å². The van der Waals surface area contributed by atoms with Gasteiger partial charge in [0.15, 0.2) is 0 Å². The summed E-state index contributed by atoms with van der Waals surface area (Å²) in [5, 5.41) is 17.5. The van der Waals surface area contributed by atoms with Gasteiger partial charge in [0.05, 0.1) is 22.8 Å². The average Bonchev–Trinajstić information content (AvgIpc) is 2.87. The third kappa shape index (κ3) is 2.39. The molecule has 0 radical (unpaired) electrons. The maximum Gasteiger partial charge on any atom is 0.0940 e. The summed E-state index contributed by atoms with van der Waals surface area (Å²) in [6, 6.07) is 13.3. The van der Waals surface area contributed by atoms with E-state index in [1.54, 1.807) is 6.07 Å². The lowest BCUT2D eigenvalue weighted by Crippen LogP contribution is -1.84. The smallest absolute Gasteiger partial charge is 0.0940 e. The molecular weight excluding hydrogens is 272 g/mol. The first-order valence-electron chi connectivity index (χ1n) is 6.12. The highest BCUT2D eigenvalue weighted by Crippen LogP contribution is 2.24. The topological polar surface area (TPSA) is 48.9 Å². The molecule has 2 N–H and O–H groups in total. The van der Waals surface area contributed by atoms with Crippen molar-refractivity contribution in [2.75, 3.05) is 0 Å². The van der Waals surface area contributed by atoms with Crippen LogP contribution in [-0.4, -0.2) is 15.3 Å². The minimum Gasteiger partial charge on any atom is -0.390 e. The minimum atomic E-state index is -0.0936. The van der Waals surface area contributed by atoms with Crippen LogP contribution in [-0.2, 0) is 6.61 Å². The van der Waals surface area contributed by atoms with E-state index >= 15 is 0 Å². The Morgan fingerprint density at radius 1 is 1.15 bits per heavy atom. The second-order valence-electron chi connectivity index (χ2n) is 4.33. The van der Waals surface area contributed by atoms with Gasteiger partial charge in [-0.15, -0.1) is 0 Å². The van der Waals surface area contributed by atoms with Gasteiger partial charge in [0.25, 0.3) is 0 Å². The van der Waals surface area contributed by atoms with Crippen LogP contribution in [0.3, 0.4) is 0 Å². The number of nitrogens with one attached hydrogen (secondary N) is 1. The second kappa shape index (κ2) is 5.38. The van der Waals surface area contributed by atoms with Gasteiger partial charge in [-0.3, -0.25) is 5.10 Å². The lowest BCUT2D eigenvalue weighted by atomic mass is 10.1. The van der Waals surface area contributed by atoms with Gasteiger partial charge in [0.1, 0.15) is 0 Å². The number of aromatic nitrogens is 2. The van der Waals surface area contributed by atoms with Crippen LogP contribution in [0.4, 0.5) is 0 Å². The molecule has 2 aromatic carbocycles. The van der Waals surface area contributed by atoms with E-state index in [0.29, 0.717) is 10.7 Å². The Balaban J connectivity index is 2.07. The van der Waals surface area contributed by atoms with E-state index in [4.69, 9.17) is 11.6 Å². The Hall–Kier alpha value is -2.28. The molecule has 0 saturated carbocycles. The van der Waals surface area contributed by atoms with Crippen molar-refractivity contribution in [2.24, 2.45) is 0 Å². The number of benzene rings is 2. The molecule has 3 nitrogen and oxygen atoms in total. The Morgan fingerprint density at radius 3 is 2.70 bits per heavy atom. The van der Waals surface area contributed by atoms with Crippen molar-refractivity contribution in [3.05, 3.63) is 64.3 Å². The standard InChI is InChI=1S/C16H11ClN2O/c17-14-9-15-13(16(10-20)19-18-15)8-12(14)7-6-11-4-2-1-3-5-11/h1-5,8-9,20H,10H2,(H,18,19). The molecule has 0 spiro atoms. The number of aromatic amines is 1. The first kappa shape index (κ1) is 12.7. The normalized spacial score (nSPS) is 10.3. The molecule has 3 aromatic rings. The highest BCUT2D eigenvalue weighted by molar-refractivity contribution is 6.32. The molecule has 3 rings (SSSR count). The van der Waals surface area contributed by atoms with E-state index in [1.165, 1.54) is 0 Å². The van der Waals surface area contributed by atoms with Gasteiger partial charge in [-0.05, 0) is 24.3 Å². The molecule has 0 fully saturated rings. The van der Waals surface area contributed by atoms with Crippen LogP contribution in [0.15, 0.2) is 42.5 Å². The number of fused-ring (bicyclic) bond motifs is 1. The molecule has 0 unspecified atom stereocenters. The fourth-order valence-electron chi connectivity index (χ4n) is 1.96. The van der Waals surface area contributed by atoms with Crippen molar-refractivity contribution >= 4 is 22.5 Å². The Morgan fingerprint density at radius 2 is 1.95 bits per heavy atom. The van der Waals surface area contributed by atoms with Crippen molar-refractivity contribution in [1.82, 2.24) is 10.2 Å². The molecule has 0 aliphatic carbocycles. The predicted molar refractivity (Wildman–Crippen MR) is 79.4 cm³/mol. The number of halogens is 1. The predicted octanol–water partition coefficient (Wildman–Crippen LogP) is 3.11. The molecule has 98 valence electrons. The van der Waals surface area contributed by atoms with E-state index in [-0.39, 0.29) is 6.61 Å². The fourth-order valence-corrected chi connectivity index (χ4v) is 2.17. The lowest BCUT2D eigenvalue weighted by molar-refractivity contribution is 0.278. The number of aliphatic hydroxyl groups is 1. The largest absolute Gasteiger partial charge is 0.390 e. The van der Waals surface area contributed by atoms with Crippen LogP contribution < -0.4 is 0 Å². The van der Waals surface area contributed by atoms with Crippen LogP contribution >= 0.6 is 11.6 Å². The number of H-pyrrole nitrogens is 1. The maximum absolute atomic E-state index is 9.25. The summed E-state index contributed by atoms with van der Waals surface area (Å²) in [5.41, 5.74) is 3.04. The molecule has 0 aliphatic rings. The second-order valence-corrected chi connectivity index (χ2v) is 4.73. The number of hydrogen-bond donors (Lipinski definition) is 2. The number of rotatable bonds is 1. The summed E-state index contributed by atoms with van der Waals surface area (Å²) >= 11 is 6.20. The summed E-state index contributed by atoms with van der Waals surface area (Å²) in [5.74, 6) is 6.13. The molecular formula is C16H11ClN2O. The van der Waals surface area contributed by atoms with E-state index in [9.17, 15) is 5.11 Å². The maximum atomic E-state index is 9.25. The van der Waals surface area contributed by atoms with Gasteiger partial charge in [0.2, 0.25) is 0 Å². The van der Waals surface area contributed by atoms with Crippen molar-refractivity contribution in [1.29, 1.82) is 0 Å². The van der Waals surface area contributed by atoms with Crippen LogP contribution in [0.1, 0.15) is 16.8 Å². The first-order chi connectivity index (χ1) is 9.78. The van der Waals surface area contributed by atoms with E-state index in [1.807, 2.05) is 36.4 Å². The van der Waals surface area contributed by atoms with Crippen molar-refractivity contribution < 1.29 is 5.11 Å². The summed E-state index contributed by atoms with van der Waals surface area (Å²) in [4.78, 5) is 0. The quantitative estimate of drug-likeness (QED) is 0.674. The Bertz CT molecular complexity index is 813. The van der Waals surface area contributed by atoms with E-state index in [0.717, 1.165) is 22.0 Å². The van der Waals surface area contributed by atoms with Gasteiger partial charge in [-0.25, -0.2) is 0 Å². The zero-order chi connectivity index (χ0) is 13.9. The zero-order valence-corrected chi connectivity index (χ0v) is 11.3. The molecule has 1 aromatic heterocycles. The van der Waals surface area contributed by atoms with Gasteiger partial charge >= 0.3 is 0 Å². The van der Waals surface area contributed by atoms with Crippen molar-refractivity contribution in [2.45, 2.75) is 6.61 Å². The molecule has 20 heavy (non-hydrogen) atoms. The molecule has 0 aliphatic heterocycles. The summed E-state index contributed by atoms with van der Waals surface area (Å²) < 4.78 is 0. The van der Waals surface area contributed by atoms with Crippen molar-refractivity contribution in [3.8, 4) is 11.8 Å². The van der Waals surface area contributed by atoms with Gasteiger partial charge < -0.3 is 5.11 Å². The summed E-state index contributed by atoms with van der Waals surface area (Å²) in [6.07, 6.45) is 0. The van der Waals surface area contributed by atoms with Crippen LogP contribution in [0, 0.1) is 11.8 Å². The van der Waals surface area contributed by atoms with Crippen LogP contribution in [0.2, 0.25) is 5.02 Å². The first-order valence-corrected chi connectivity index (χ1v) is 6.50. The molecule has 0 amide bonds. The molecule has 0 bridgehead atoms. The lowest BCUT2D eigenvalue weighted by Gasteiger charge is -1.97. The third-order valence-corrected chi connectivity index (χ3v) is 3.31. The molecule has 1 heterocycles. The van der Waals surface area contributed by atoms with Gasteiger partial charge in [-0.1, -0.05) is 41.6 Å². The number of nitrogens with zero attached hydrogens (tertiary/aromatic N) is 1. The van der Waals surface area contributed by atoms with Crippen LogP contribution in [0.25, 0.3) is 10.9 Å². The monoisotopic (exact) mass is 282 g/mol. The highest BCUT2D eigenvalue weighted by atomic mass is 35.5. The molecule has 0 atom stereocenters. The Kier molecular flexibility index (Phi) is 3.42. The zero-order valence-electron chi connectivity index (χ0n) is 10.5. The van der Waals surface area contributed by atoms with Gasteiger partial charge in [0, 0.05) is 16.5 Å². The number of aliphatic hydroxyl groups excluding tert-OH is 1. The van der Waals surface area contributed by atoms with E-state index in [2.05, 4.69) is 22.0 Å². The third-order valence-electron chi connectivity index (χ3n) is 3.00. The summed E-state index contributed by atoms with van der Waals surface area (Å²) in [6.45, 7) is -0.0936. The summed E-state index contributed by atoms with van der Waals surface area (Å²) in [7, 11) is 0. The van der Waals surface area contributed by atoms with Gasteiger partial charge in [-0.2, -0.15) is 5.10 Å². The highest BCUT2D eigenvalue weighted by Gasteiger charge is 2.07. The van der Waals surface area contributed by atoms with Crippen molar-refractivity contribution in [3.63, 3.8) is 0 Å². The Labute approximate surface area is 121 Å². The molecule has 4 heteroatoms. The minimum absolute atomic E-state index is 0.0936. The average molecular weight is 283 g/mol.